The van der Waals surface area contributed by atoms with E-state index in [0.29, 0.717) is 25.9 Å². The van der Waals surface area contributed by atoms with Gasteiger partial charge in [0.25, 0.3) is 0 Å². The van der Waals surface area contributed by atoms with E-state index in [-0.39, 0.29) is 18.5 Å². The fraction of sp³-hybridized carbons (Fsp3) is 0.964. The molecule has 0 aromatic rings. The summed E-state index contributed by atoms with van der Waals surface area (Å²) in [6.45, 7) is 4.92. The SMILES string of the molecule is CCCCCCCCCCCCCCCCCCCCCC(=O)OCCCCCCCCCCCC(=O)NC(CO)C(O)CCCCCCCCCCCCCCCCCC. The number of esters is 1. The first-order valence-corrected chi connectivity index (χ1v) is 27.8. The lowest BCUT2D eigenvalue weighted by atomic mass is 10.0. The van der Waals surface area contributed by atoms with E-state index < -0.39 is 12.1 Å². The van der Waals surface area contributed by atoms with Gasteiger partial charge in [0.15, 0.2) is 0 Å². The van der Waals surface area contributed by atoms with Gasteiger partial charge in [0.2, 0.25) is 5.91 Å². The van der Waals surface area contributed by atoms with E-state index in [4.69, 9.17) is 4.74 Å². The summed E-state index contributed by atoms with van der Waals surface area (Å²) in [4.78, 5) is 24.6. The van der Waals surface area contributed by atoms with E-state index in [0.717, 1.165) is 57.8 Å². The molecular formula is C55H109NO5. The molecule has 2 unspecified atom stereocenters. The Morgan fingerprint density at radius 3 is 1.00 bits per heavy atom. The number of carbonyl (C=O) groups is 2. The van der Waals surface area contributed by atoms with Crippen LogP contribution in [0.25, 0.3) is 0 Å². The molecule has 6 nitrogen and oxygen atoms in total. The minimum Gasteiger partial charge on any atom is -0.466 e. The predicted molar refractivity (Wildman–Crippen MR) is 264 cm³/mol. The minimum absolute atomic E-state index is 0.0192. The Kier molecular flexibility index (Phi) is 50.5. The topological polar surface area (TPSA) is 95.9 Å². The summed E-state index contributed by atoms with van der Waals surface area (Å²) in [5.41, 5.74) is 0. The summed E-state index contributed by atoms with van der Waals surface area (Å²) in [5, 5.41) is 23.2. The van der Waals surface area contributed by atoms with Crippen LogP contribution in [0.2, 0.25) is 0 Å². The van der Waals surface area contributed by atoms with Crippen LogP contribution in [0.1, 0.15) is 316 Å². The zero-order valence-corrected chi connectivity index (χ0v) is 41.4. The van der Waals surface area contributed by atoms with Crippen LogP contribution in [0.15, 0.2) is 0 Å². The minimum atomic E-state index is -0.680. The number of aliphatic hydroxyl groups is 2. The van der Waals surface area contributed by atoms with Gasteiger partial charge >= 0.3 is 5.97 Å². The van der Waals surface area contributed by atoms with Crippen LogP contribution in [0, 0.1) is 0 Å². The number of nitrogens with one attached hydrogen (secondary N) is 1. The highest BCUT2D eigenvalue weighted by Gasteiger charge is 2.20. The first kappa shape index (κ1) is 59.9. The molecule has 0 radical (unpaired) electrons. The van der Waals surface area contributed by atoms with Gasteiger partial charge in [-0.3, -0.25) is 9.59 Å². The summed E-state index contributed by atoms with van der Waals surface area (Å²) < 4.78 is 5.47. The molecule has 0 fully saturated rings. The standard InChI is InChI=1S/C55H109NO5/c1-3-5-7-9-11-13-15-17-19-21-22-23-25-27-29-33-37-41-45-49-55(60)61-50-46-42-38-34-30-32-36-40-44-48-54(59)56-52(51-57)53(58)47-43-39-35-31-28-26-24-20-18-16-14-12-10-8-6-4-2/h52-53,57-58H,3-51H2,1-2H3,(H,56,59). The number of unbranched alkanes of at least 4 members (excludes halogenated alkanes) is 41. The zero-order valence-electron chi connectivity index (χ0n) is 41.4. The number of ether oxygens (including phenoxy) is 1. The number of amides is 1. The second kappa shape index (κ2) is 51.5. The second-order valence-corrected chi connectivity index (χ2v) is 19.3. The lowest BCUT2D eigenvalue weighted by molar-refractivity contribution is -0.143. The highest BCUT2D eigenvalue weighted by molar-refractivity contribution is 5.76. The monoisotopic (exact) mass is 864 g/mol. The Hall–Kier alpha value is -1.14. The third-order valence-electron chi connectivity index (χ3n) is 13.2. The quantitative estimate of drug-likeness (QED) is 0.0418. The van der Waals surface area contributed by atoms with Crippen LogP contribution in [0.3, 0.4) is 0 Å². The molecule has 1 amide bonds. The third-order valence-corrected chi connectivity index (χ3v) is 13.2. The Labute approximate surface area is 381 Å². The maximum atomic E-state index is 12.5. The van der Waals surface area contributed by atoms with E-state index in [1.807, 2.05) is 0 Å². The van der Waals surface area contributed by atoms with Crippen LogP contribution in [0.4, 0.5) is 0 Å². The smallest absolute Gasteiger partial charge is 0.305 e. The van der Waals surface area contributed by atoms with Crippen molar-refractivity contribution >= 4 is 11.9 Å². The van der Waals surface area contributed by atoms with Crippen LogP contribution < -0.4 is 5.32 Å². The summed E-state index contributed by atoms with van der Waals surface area (Å²) in [5.74, 6) is -0.0781. The van der Waals surface area contributed by atoms with Gasteiger partial charge in [0, 0.05) is 12.8 Å². The summed E-state index contributed by atoms with van der Waals surface area (Å²) in [6.07, 6.45) is 58.0. The number of carbonyl (C=O) groups excluding carboxylic acids is 2. The van der Waals surface area contributed by atoms with Crippen molar-refractivity contribution < 1.29 is 24.5 Å². The van der Waals surface area contributed by atoms with Crippen molar-refractivity contribution in [3.05, 3.63) is 0 Å². The van der Waals surface area contributed by atoms with E-state index in [2.05, 4.69) is 19.2 Å². The fourth-order valence-corrected chi connectivity index (χ4v) is 8.88. The molecule has 0 aliphatic rings. The second-order valence-electron chi connectivity index (χ2n) is 19.3. The van der Waals surface area contributed by atoms with Crippen LogP contribution in [-0.2, 0) is 14.3 Å². The fourth-order valence-electron chi connectivity index (χ4n) is 8.88. The van der Waals surface area contributed by atoms with Gasteiger partial charge in [-0.1, -0.05) is 277 Å². The third kappa shape index (κ3) is 48.2. The average molecular weight is 864 g/mol. The maximum absolute atomic E-state index is 12.5. The van der Waals surface area contributed by atoms with Crippen molar-refractivity contribution in [2.45, 2.75) is 328 Å². The first-order chi connectivity index (χ1) is 30.0. The molecule has 0 rings (SSSR count). The Morgan fingerprint density at radius 2 is 0.672 bits per heavy atom. The van der Waals surface area contributed by atoms with Crippen molar-refractivity contribution in [1.29, 1.82) is 0 Å². The molecular weight excluding hydrogens is 755 g/mol. The maximum Gasteiger partial charge on any atom is 0.305 e. The molecule has 61 heavy (non-hydrogen) atoms. The van der Waals surface area contributed by atoms with Crippen molar-refractivity contribution in [1.82, 2.24) is 5.32 Å². The van der Waals surface area contributed by atoms with Gasteiger partial charge in [-0.15, -0.1) is 0 Å². The Balaban J connectivity index is 3.44. The van der Waals surface area contributed by atoms with Gasteiger partial charge in [-0.25, -0.2) is 0 Å². The molecule has 0 bridgehead atoms. The molecule has 3 N–H and O–H groups in total. The van der Waals surface area contributed by atoms with Crippen molar-refractivity contribution in [3.8, 4) is 0 Å². The molecule has 0 aliphatic heterocycles. The summed E-state index contributed by atoms with van der Waals surface area (Å²) in [7, 11) is 0. The number of hydrogen-bond acceptors (Lipinski definition) is 5. The number of aliphatic hydroxyl groups excluding tert-OH is 2. The van der Waals surface area contributed by atoms with Crippen LogP contribution in [0.5, 0.6) is 0 Å². The first-order valence-electron chi connectivity index (χ1n) is 27.8. The number of hydrogen-bond donors (Lipinski definition) is 3. The molecule has 0 aromatic heterocycles. The number of rotatable bonds is 52. The normalized spacial score (nSPS) is 12.5. The van der Waals surface area contributed by atoms with Gasteiger partial charge in [0.1, 0.15) is 0 Å². The molecule has 0 aliphatic carbocycles. The van der Waals surface area contributed by atoms with Crippen molar-refractivity contribution in [3.63, 3.8) is 0 Å². The molecule has 6 heteroatoms. The van der Waals surface area contributed by atoms with Crippen molar-refractivity contribution in [2.24, 2.45) is 0 Å². The van der Waals surface area contributed by atoms with Gasteiger partial charge in [0.05, 0.1) is 25.4 Å². The van der Waals surface area contributed by atoms with Crippen LogP contribution in [-0.4, -0.2) is 47.4 Å². The average Bonchev–Trinajstić information content (AvgIpc) is 3.26. The van der Waals surface area contributed by atoms with Gasteiger partial charge in [-0.05, 0) is 25.7 Å². The van der Waals surface area contributed by atoms with Crippen molar-refractivity contribution in [2.75, 3.05) is 13.2 Å². The van der Waals surface area contributed by atoms with E-state index in [9.17, 15) is 19.8 Å². The zero-order chi connectivity index (χ0) is 44.4. The lowest BCUT2D eigenvalue weighted by Gasteiger charge is -2.22. The molecule has 0 aromatic carbocycles. The molecule has 0 saturated carbocycles. The lowest BCUT2D eigenvalue weighted by Crippen LogP contribution is -2.45. The Bertz CT molecular complexity index is 867. The molecule has 0 saturated heterocycles. The van der Waals surface area contributed by atoms with E-state index >= 15 is 0 Å². The summed E-state index contributed by atoms with van der Waals surface area (Å²) in [6, 6.07) is -0.560. The highest BCUT2D eigenvalue weighted by atomic mass is 16.5. The molecule has 2 atom stereocenters. The van der Waals surface area contributed by atoms with E-state index in [1.165, 1.54) is 225 Å². The summed E-state index contributed by atoms with van der Waals surface area (Å²) >= 11 is 0. The molecule has 364 valence electrons. The van der Waals surface area contributed by atoms with Gasteiger partial charge < -0.3 is 20.3 Å². The Morgan fingerprint density at radius 1 is 0.393 bits per heavy atom. The highest BCUT2D eigenvalue weighted by Crippen LogP contribution is 2.18. The van der Waals surface area contributed by atoms with Gasteiger partial charge in [-0.2, -0.15) is 0 Å². The van der Waals surface area contributed by atoms with Crippen LogP contribution >= 0.6 is 0 Å². The largest absolute Gasteiger partial charge is 0.466 e. The molecule has 0 spiro atoms. The van der Waals surface area contributed by atoms with E-state index in [1.54, 1.807) is 0 Å². The molecule has 0 heterocycles. The predicted octanol–water partition coefficient (Wildman–Crippen LogP) is 16.7.